The molecule has 3 aliphatic carbocycles. The van der Waals surface area contributed by atoms with Gasteiger partial charge in [-0.2, -0.15) is 4.99 Å². The van der Waals surface area contributed by atoms with Crippen molar-refractivity contribution in [3.05, 3.63) is 41.0 Å². The molecule has 1 aromatic rings. The molecule has 4 rings (SSSR count). The molecule has 3 aliphatic rings. The van der Waals surface area contributed by atoms with E-state index in [9.17, 15) is 8.78 Å². The third-order valence-electron chi connectivity index (χ3n) is 7.69. The highest BCUT2D eigenvalue weighted by atomic mass is 32.1. The minimum Gasteiger partial charge on any atom is -0.204 e. The smallest absolute Gasteiger partial charge is 0.153 e. The molecule has 0 heterocycles. The Hall–Kier alpha value is -1.82. The van der Waals surface area contributed by atoms with E-state index in [-0.39, 0.29) is 0 Å². The van der Waals surface area contributed by atoms with Crippen molar-refractivity contribution in [2.75, 3.05) is 0 Å². The Bertz CT molecular complexity index is 897. The van der Waals surface area contributed by atoms with E-state index in [1.807, 2.05) is 5.16 Å². The number of benzene rings is 1. The standard InChI is InChI=1S/C27H31F2NS/c28-25-16-22(17-26(29)27(25)30-18-31)6-5-19-7-11-23(12-8-19)24-13-9-21(10-14-24)15-20-3-1-2-4-20/h7,16-17,20-21,23-24H,1-4,8-15H2. The zero-order valence-corrected chi connectivity index (χ0v) is 19.0. The molecule has 1 nitrogen and oxygen atoms in total. The van der Waals surface area contributed by atoms with Gasteiger partial charge in [0.25, 0.3) is 0 Å². The summed E-state index contributed by atoms with van der Waals surface area (Å²) >= 11 is 4.43. The second-order valence-electron chi connectivity index (χ2n) is 9.67. The number of halogens is 2. The molecule has 164 valence electrons. The number of isothiocyanates is 1. The quantitative estimate of drug-likeness (QED) is 0.262. The van der Waals surface area contributed by atoms with Crippen molar-refractivity contribution in [2.45, 2.75) is 77.0 Å². The van der Waals surface area contributed by atoms with Crippen LogP contribution in [0.5, 0.6) is 0 Å². The summed E-state index contributed by atoms with van der Waals surface area (Å²) in [7, 11) is 0. The maximum atomic E-state index is 14.0. The average molecular weight is 440 g/mol. The van der Waals surface area contributed by atoms with Crippen molar-refractivity contribution in [1.29, 1.82) is 0 Å². The second-order valence-corrected chi connectivity index (χ2v) is 9.85. The van der Waals surface area contributed by atoms with E-state index in [0.717, 1.165) is 42.1 Å². The van der Waals surface area contributed by atoms with Crippen LogP contribution in [0.25, 0.3) is 0 Å². The van der Waals surface area contributed by atoms with Gasteiger partial charge in [-0.25, -0.2) is 8.78 Å². The molecular formula is C27H31F2NS. The Balaban J connectivity index is 1.29. The van der Waals surface area contributed by atoms with Crippen LogP contribution in [0.4, 0.5) is 14.5 Å². The zero-order valence-electron chi connectivity index (χ0n) is 18.1. The molecule has 0 amide bonds. The summed E-state index contributed by atoms with van der Waals surface area (Å²) in [4.78, 5) is 3.43. The SMILES string of the molecule is Fc1cc(C#CC2=CCC(C3CCC(CC4CCCC4)CC3)CC2)cc(F)c1N=C=S. The first-order chi connectivity index (χ1) is 15.1. The van der Waals surface area contributed by atoms with Crippen LogP contribution >= 0.6 is 12.2 Å². The molecule has 0 radical (unpaired) electrons. The number of nitrogens with zero attached hydrogens (tertiary/aromatic N) is 1. The third kappa shape index (κ3) is 5.91. The maximum absolute atomic E-state index is 14.0. The Morgan fingerprint density at radius 2 is 1.55 bits per heavy atom. The molecule has 0 spiro atoms. The highest BCUT2D eigenvalue weighted by Crippen LogP contribution is 2.42. The van der Waals surface area contributed by atoms with E-state index >= 15 is 0 Å². The van der Waals surface area contributed by atoms with E-state index in [1.54, 1.807) is 0 Å². The van der Waals surface area contributed by atoms with Crippen molar-refractivity contribution in [3.8, 4) is 11.8 Å². The van der Waals surface area contributed by atoms with E-state index < -0.39 is 17.3 Å². The molecule has 1 atom stereocenters. The van der Waals surface area contributed by atoms with Crippen LogP contribution in [0.1, 0.15) is 82.6 Å². The first-order valence-corrected chi connectivity index (χ1v) is 12.3. The predicted octanol–water partition coefficient (Wildman–Crippen LogP) is 8.16. The number of aliphatic imine (C=N–C) groups is 1. The summed E-state index contributed by atoms with van der Waals surface area (Å²) < 4.78 is 27.9. The molecule has 0 aliphatic heterocycles. The van der Waals surface area contributed by atoms with E-state index in [0.29, 0.717) is 5.56 Å². The fraction of sp³-hybridized carbons (Fsp3) is 0.593. The van der Waals surface area contributed by atoms with Gasteiger partial charge in [0.2, 0.25) is 0 Å². The predicted molar refractivity (Wildman–Crippen MR) is 125 cm³/mol. The Morgan fingerprint density at radius 1 is 0.871 bits per heavy atom. The molecule has 2 saturated carbocycles. The van der Waals surface area contributed by atoms with Gasteiger partial charge >= 0.3 is 0 Å². The van der Waals surface area contributed by atoms with Gasteiger partial charge in [0.15, 0.2) is 11.6 Å². The third-order valence-corrected chi connectivity index (χ3v) is 7.78. The Morgan fingerprint density at radius 3 is 2.16 bits per heavy atom. The lowest BCUT2D eigenvalue weighted by Crippen LogP contribution is -2.24. The monoisotopic (exact) mass is 439 g/mol. The molecule has 1 aromatic carbocycles. The van der Waals surface area contributed by atoms with Crippen LogP contribution in [0.2, 0.25) is 0 Å². The van der Waals surface area contributed by atoms with Crippen LogP contribution in [-0.2, 0) is 0 Å². The molecule has 2 fully saturated rings. The lowest BCUT2D eigenvalue weighted by Gasteiger charge is -2.35. The Kier molecular flexibility index (Phi) is 7.70. The molecule has 0 bridgehead atoms. The van der Waals surface area contributed by atoms with E-state index in [2.05, 4.69) is 35.1 Å². The minimum atomic E-state index is -0.761. The highest BCUT2D eigenvalue weighted by Gasteiger charge is 2.30. The van der Waals surface area contributed by atoms with Crippen molar-refractivity contribution in [3.63, 3.8) is 0 Å². The van der Waals surface area contributed by atoms with Crippen LogP contribution < -0.4 is 0 Å². The van der Waals surface area contributed by atoms with Gasteiger partial charge in [0.05, 0.1) is 5.16 Å². The van der Waals surface area contributed by atoms with Crippen LogP contribution in [0.15, 0.2) is 28.8 Å². The van der Waals surface area contributed by atoms with E-state index in [1.165, 1.54) is 76.3 Å². The number of hydrogen-bond donors (Lipinski definition) is 0. The second kappa shape index (κ2) is 10.7. The molecule has 4 heteroatoms. The molecule has 1 unspecified atom stereocenters. The van der Waals surface area contributed by atoms with Crippen LogP contribution in [0, 0.1) is 47.1 Å². The fourth-order valence-electron chi connectivity index (χ4n) is 5.95. The first kappa shape index (κ1) is 22.4. The first-order valence-electron chi connectivity index (χ1n) is 11.9. The molecule has 0 aromatic heterocycles. The van der Waals surface area contributed by atoms with Gasteiger partial charge in [0.1, 0.15) is 5.69 Å². The highest BCUT2D eigenvalue weighted by molar-refractivity contribution is 7.78. The maximum Gasteiger partial charge on any atom is 0.153 e. The van der Waals surface area contributed by atoms with Crippen molar-refractivity contribution in [2.24, 2.45) is 28.7 Å². The molecule has 31 heavy (non-hydrogen) atoms. The van der Waals surface area contributed by atoms with Gasteiger partial charge in [-0.15, -0.1) is 0 Å². The minimum absolute atomic E-state index is 0.321. The largest absolute Gasteiger partial charge is 0.204 e. The molecule has 0 N–H and O–H groups in total. The van der Waals surface area contributed by atoms with Gasteiger partial charge in [-0.1, -0.05) is 56.4 Å². The van der Waals surface area contributed by atoms with Gasteiger partial charge in [-0.05, 0) is 92.1 Å². The zero-order chi connectivity index (χ0) is 21.6. The number of hydrogen-bond acceptors (Lipinski definition) is 2. The Labute approximate surface area is 190 Å². The number of thiocarbonyl (C=S) groups is 1. The number of allylic oxidation sites excluding steroid dienone is 2. The van der Waals surface area contributed by atoms with Crippen LogP contribution in [0.3, 0.4) is 0 Å². The van der Waals surface area contributed by atoms with E-state index in [4.69, 9.17) is 0 Å². The lowest BCUT2D eigenvalue weighted by molar-refractivity contribution is 0.176. The lowest BCUT2D eigenvalue weighted by atomic mass is 9.70. The topological polar surface area (TPSA) is 12.4 Å². The number of rotatable bonds is 4. The average Bonchev–Trinajstić information content (AvgIpc) is 3.29. The summed E-state index contributed by atoms with van der Waals surface area (Å²) in [5, 5.41) is 2.00. The van der Waals surface area contributed by atoms with Crippen molar-refractivity contribution >= 4 is 23.1 Å². The summed E-state index contributed by atoms with van der Waals surface area (Å²) in [6, 6.07) is 2.41. The van der Waals surface area contributed by atoms with Crippen molar-refractivity contribution in [1.82, 2.24) is 0 Å². The van der Waals surface area contributed by atoms with Crippen LogP contribution in [-0.4, -0.2) is 5.16 Å². The summed E-state index contributed by atoms with van der Waals surface area (Å²) in [5.74, 6) is 8.15. The normalized spacial score (nSPS) is 26.5. The van der Waals surface area contributed by atoms with Crippen molar-refractivity contribution < 1.29 is 8.78 Å². The summed E-state index contributed by atoms with van der Waals surface area (Å²) in [5.41, 5.74) is 1.01. The van der Waals surface area contributed by atoms with Gasteiger partial charge in [-0.3, -0.25) is 0 Å². The summed E-state index contributed by atoms with van der Waals surface area (Å²) in [6.07, 6.45) is 18.5. The fourth-order valence-corrected chi connectivity index (χ4v) is 6.04. The van der Waals surface area contributed by atoms with Gasteiger partial charge in [0, 0.05) is 5.56 Å². The van der Waals surface area contributed by atoms with Gasteiger partial charge < -0.3 is 0 Å². The summed E-state index contributed by atoms with van der Waals surface area (Å²) in [6.45, 7) is 0. The molecule has 0 saturated heterocycles. The molecular weight excluding hydrogens is 408 g/mol.